The molecule has 2 heterocycles. The number of rotatable bonds is 6. The number of carboxylic acids is 1. The van der Waals surface area contributed by atoms with Gasteiger partial charge in [-0.25, -0.2) is 0 Å². The molecule has 1 N–H and O–H groups in total. The highest BCUT2D eigenvalue weighted by molar-refractivity contribution is 7.07. The molecule has 1 aliphatic rings. The Morgan fingerprint density at radius 3 is 2.38 bits per heavy atom. The number of piperazine rings is 1. The van der Waals surface area contributed by atoms with Gasteiger partial charge in [-0.15, -0.1) is 0 Å². The Kier molecular flexibility index (Phi) is 5.72. The van der Waals surface area contributed by atoms with E-state index in [-0.39, 0.29) is 12.5 Å². The number of carboxylic acid groups (broad SMARTS) is 1. The van der Waals surface area contributed by atoms with Crippen LogP contribution in [0, 0.1) is 0 Å². The molecular formula is C14H21N3O3S. The summed E-state index contributed by atoms with van der Waals surface area (Å²) in [5, 5.41) is 12.8. The van der Waals surface area contributed by atoms with Gasteiger partial charge in [-0.3, -0.25) is 19.4 Å². The molecule has 0 atom stereocenters. The zero-order valence-corrected chi connectivity index (χ0v) is 13.0. The molecule has 0 spiro atoms. The fourth-order valence-corrected chi connectivity index (χ4v) is 3.01. The third-order valence-electron chi connectivity index (χ3n) is 3.61. The molecule has 1 saturated heterocycles. The Hall–Kier alpha value is -1.44. The highest BCUT2D eigenvalue weighted by atomic mass is 32.1. The molecule has 0 unspecified atom stereocenters. The molecule has 116 valence electrons. The highest BCUT2D eigenvalue weighted by Crippen LogP contribution is 2.09. The van der Waals surface area contributed by atoms with E-state index in [0.29, 0.717) is 26.2 Å². The minimum Gasteiger partial charge on any atom is -0.480 e. The zero-order valence-electron chi connectivity index (χ0n) is 12.2. The highest BCUT2D eigenvalue weighted by Gasteiger charge is 2.21. The van der Waals surface area contributed by atoms with Crippen molar-refractivity contribution in [2.24, 2.45) is 0 Å². The van der Waals surface area contributed by atoms with Crippen LogP contribution >= 0.6 is 11.3 Å². The summed E-state index contributed by atoms with van der Waals surface area (Å²) in [4.78, 5) is 28.6. The predicted molar refractivity (Wildman–Crippen MR) is 81.3 cm³/mol. The molecule has 1 aromatic rings. The fraction of sp³-hybridized carbons (Fsp3) is 0.571. The maximum absolute atomic E-state index is 12.2. The summed E-state index contributed by atoms with van der Waals surface area (Å²) in [5.41, 5.74) is 1.15. The van der Waals surface area contributed by atoms with E-state index >= 15 is 0 Å². The normalized spacial score (nSPS) is 16.8. The smallest absolute Gasteiger partial charge is 0.317 e. The molecule has 1 aromatic heterocycles. The summed E-state index contributed by atoms with van der Waals surface area (Å²) in [6.45, 7) is 4.01. The number of hydrogen-bond acceptors (Lipinski definition) is 5. The van der Waals surface area contributed by atoms with Crippen LogP contribution in [0.1, 0.15) is 5.56 Å². The van der Waals surface area contributed by atoms with Crippen molar-refractivity contribution in [2.45, 2.75) is 6.54 Å². The first-order valence-corrected chi connectivity index (χ1v) is 7.90. The van der Waals surface area contributed by atoms with Crippen LogP contribution in [-0.2, 0) is 16.1 Å². The van der Waals surface area contributed by atoms with E-state index in [1.165, 1.54) is 0 Å². The van der Waals surface area contributed by atoms with Gasteiger partial charge in [0.15, 0.2) is 0 Å². The van der Waals surface area contributed by atoms with Gasteiger partial charge in [-0.1, -0.05) is 0 Å². The Bertz CT molecular complexity index is 470. The number of amides is 1. The molecule has 0 bridgehead atoms. The molecule has 2 rings (SSSR count). The summed E-state index contributed by atoms with van der Waals surface area (Å²) in [7, 11) is 1.82. The van der Waals surface area contributed by atoms with Gasteiger partial charge in [0.05, 0.1) is 13.1 Å². The van der Waals surface area contributed by atoms with Crippen LogP contribution < -0.4 is 0 Å². The van der Waals surface area contributed by atoms with Crippen LogP contribution in [0.5, 0.6) is 0 Å². The Morgan fingerprint density at radius 2 is 1.86 bits per heavy atom. The molecule has 0 aromatic carbocycles. The lowest BCUT2D eigenvalue weighted by Crippen LogP contribution is -2.50. The second-order valence-electron chi connectivity index (χ2n) is 5.33. The Morgan fingerprint density at radius 1 is 1.24 bits per heavy atom. The molecule has 1 amide bonds. The largest absolute Gasteiger partial charge is 0.480 e. The number of nitrogens with zero attached hydrogens (tertiary/aromatic N) is 3. The lowest BCUT2D eigenvalue weighted by molar-refractivity contribution is -0.139. The van der Waals surface area contributed by atoms with E-state index < -0.39 is 5.97 Å². The van der Waals surface area contributed by atoms with Crippen molar-refractivity contribution in [1.82, 2.24) is 14.7 Å². The van der Waals surface area contributed by atoms with Crippen LogP contribution in [0.15, 0.2) is 16.8 Å². The molecule has 0 radical (unpaired) electrons. The summed E-state index contributed by atoms with van der Waals surface area (Å²) < 4.78 is 0. The lowest BCUT2D eigenvalue weighted by Gasteiger charge is -2.34. The van der Waals surface area contributed by atoms with Gasteiger partial charge in [0.1, 0.15) is 0 Å². The van der Waals surface area contributed by atoms with Crippen molar-refractivity contribution in [1.29, 1.82) is 0 Å². The van der Waals surface area contributed by atoms with Crippen molar-refractivity contribution >= 4 is 23.2 Å². The van der Waals surface area contributed by atoms with Gasteiger partial charge in [0.25, 0.3) is 0 Å². The van der Waals surface area contributed by atoms with Gasteiger partial charge in [0, 0.05) is 39.8 Å². The third kappa shape index (κ3) is 5.11. The topological polar surface area (TPSA) is 64.1 Å². The number of likely N-dealkylation sites (N-methyl/N-ethyl adjacent to an activating group) is 1. The Balaban J connectivity index is 1.72. The quantitative estimate of drug-likeness (QED) is 0.824. The van der Waals surface area contributed by atoms with Gasteiger partial charge < -0.3 is 10.0 Å². The van der Waals surface area contributed by atoms with Gasteiger partial charge in [-0.2, -0.15) is 11.3 Å². The van der Waals surface area contributed by atoms with Crippen molar-refractivity contribution in [3.63, 3.8) is 0 Å². The van der Waals surface area contributed by atoms with E-state index in [2.05, 4.69) is 10.3 Å². The molecular weight excluding hydrogens is 290 g/mol. The number of carbonyl (C=O) groups is 2. The summed E-state index contributed by atoms with van der Waals surface area (Å²) in [6.07, 6.45) is 0. The van der Waals surface area contributed by atoms with Crippen molar-refractivity contribution in [3.8, 4) is 0 Å². The molecule has 21 heavy (non-hydrogen) atoms. The second-order valence-corrected chi connectivity index (χ2v) is 6.11. The van der Waals surface area contributed by atoms with Crippen LogP contribution in [-0.4, -0.2) is 78.0 Å². The van der Waals surface area contributed by atoms with E-state index in [0.717, 1.165) is 18.7 Å². The number of hydrogen-bond donors (Lipinski definition) is 1. The van der Waals surface area contributed by atoms with Gasteiger partial charge >= 0.3 is 5.97 Å². The summed E-state index contributed by atoms with van der Waals surface area (Å²) in [6, 6.07) is 2.03. The van der Waals surface area contributed by atoms with Crippen molar-refractivity contribution in [2.75, 3.05) is 46.3 Å². The van der Waals surface area contributed by atoms with Crippen LogP contribution in [0.4, 0.5) is 0 Å². The minimum absolute atomic E-state index is 0.0832. The molecule has 0 aliphatic carbocycles. The monoisotopic (exact) mass is 311 g/mol. The van der Waals surface area contributed by atoms with Crippen LogP contribution in [0.3, 0.4) is 0 Å². The maximum atomic E-state index is 12.2. The zero-order chi connectivity index (χ0) is 15.2. The van der Waals surface area contributed by atoms with Gasteiger partial charge in [-0.05, 0) is 22.4 Å². The van der Waals surface area contributed by atoms with Crippen LogP contribution in [0.25, 0.3) is 0 Å². The predicted octanol–water partition coefficient (Wildman–Crippen LogP) is 0.409. The van der Waals surface area contributed by atoms with Crippen LogP contribution in [0.2, 0.25) is 0 Å². The van der Waals surface area contributed by atoms with Crippen molar-refractivity contribution in [3.05, 3.63) is 22.4 Å². The molecule has 7 heteroatoms. The molecule has 1 aliphatic heterocycles. The number of thiophene rings is 1. The number of carbonyl (C=O) groups excluding carboxylic acids is 1. The van der Waals surface area contributed by atoms with E-state index in [9.17, 15) is 9.59 Å². The SMILES string of the molecule is CN(Cc1ccsc1)C(=O)CN1CCN(CC(=O)O)CC1. The summed E-state index contributed by atoms with van der Waals surface area (Å²) in [5.74, 6) is -0.692. The van der Waals surface area contributed by atoms with E-state index in [4.69, 9.17) is 5.11 Å². The Labute approximate surface area is 128 Å². The number of aliphatic carboxylic acids is 1. The third-order valence-corrected chi connectivity index (χ3v) is 4.34. The maximum Gasteiger partial charge on any atom is 0.317 e. The lowest BCUT2D eigenvalue weighted by atomic mass is 10.3. The van der Waals surface area contributed by atoms with E-state index in [1.807, 2.05) is 23.4 Å². The standard InChI is InChI=1S/C14H21N3O3S/c1-15(8-12-2-7-21-11-12)13(18)9-16-3-5-17(6-4-16)10-14(19)20/h2,7,11H,3-6,8-10H2,1H3,(H,19,20). The minimum atomic E-state index is -0.796. The first-order valence-electron chi connectivity index (χ1n) is 6.96. The second kappa shape index (κ2) is 7.53. The molecule has 6 nitrogen and oxygen atoms in total. The fourth-order valence-electron chi connectivity index (χ4n) is 2.35. The average molecular weight is 311 g/mol. The van der Waals surface area contributed by atoms with E-state index in [1.54, 1.807) is 16.2 Å². The first kappa shape index (κ1) is 15.9. The molecule has 1 fully saturated rings. The van der Waals surface area contributed by atoms with Crippen molar-refractivity contribution < 1.29 is 14.7 Å². The first-order chi connectivity index (χ1) is 10.0. The molecule has 0 saturated carbocycles. The van der Waals surface area contributed by atoms with Gasteiger partial charge in [0.2, 0.25) is 5.91 Å². The summed E-state index contributed by atoms with van der Waals surface area (Å²) >= 11 is 1.63. The average Bonchev–Trinajstić information content (AvgIpc) is 2.93.